The summed E-state index contributed by atoms with van der Waals surface area (Å²) >= 11 is 0. The van der Waals surface area contributed by atoms with Crippen LogP contribution in [0.4, 0.5) is 0 Å². The normalized spacial score (nSPS) is 19.2. The lowest BCUT2D eigenvalue weighted by Gasteiger charge is -2.18. The van der Waals surface area contributed by atoms with Crippen LogP contribution in [-0.4, -0.2) is 0 Å². The molecular weight excluding hydrogens is 208 g/mol. The van der Waals surface area contributed by atoms with Gasteiger partial charge in [0, 0.05) is 0 Å². The molecule has 0 fully saturated rings. The number of rotatable bonds is 4. The van der Waals surface area contributed by atoms with Gasteiger partial charge in [0.05, 0.1) is 0 Å². The first kappa shape index (κ1) is 12.0. The molecule has 1 nitrogen and oxygen atoms in total. The SMILES string of the molecule is CC(C)CC1C=CC(Oc2ccccc2)=CC1. The van der Waals surface area contributed by atoms with Gasteiger partial charge in [-0.2, -0.15) is 0 Å². The summed E-state index contributed by atoms with van der Waals surface area (Å²) in [5.41, 5.74) is 0. The summed E-state index contributed by atoms with van der Waals surface area (Å²) in [5.74, 6) is 3.31. The summed E-state index contributed by atoms with van der Waals surface area (Å²) in [5, 5.41) is 0. The van der Waals surface area contributed by atoms with Gasteiger partial charge in [-0.25, -0.2) is 0 Å². The van der Waals surface area contributed by atoms with Crippen LogP contribution in [0.1, 0.15) is 26.7 Å². The molecule has 0 bridgehead atoms. The van der Waals surface area contributed by atoms with E-state index in [2.05, 4.69) is 32.1 Å². The van der Waals surface area contributed by atoms with E-state index in [1.807, 2.05) is 30.3 Å². The molecule has 1 aliphatic carbocycles. The van der Waals surface area contributed by atoms with Crippen molar-refractivity contribution in [2.75, 3.05) is 0 Å². The van der Waals surface area contributed by atoms with E-state index in [4.69, 9.17) is 4.74 Å². The molecule has 1 aromatic carbocycles. The Hall–Kier alpha value is -1.50. The van der Waals surface area contributed by atoms with Crippen molar-refractivity contribution in [3.8, 4) is 5.75 Å². The van der Waals surface area contributed by atoms with E-state index in [0.29, 0.717) is 5.92 Å². The summed E-state index contributed by atoms with van der Waals surface area (Å²) in [6.45, 7) is 4.54. The molecule has 1 aliphatic rings. The maximum absolute atomic E-state index is 5.78. The first-order chi connectivity index (χ1) is 8.24. The minimum absolute atomic E-state index is 0.679. The second-order valence-corrected chi connectivity index (χ2v) is 5.01. The Morgan fingerprint density at radius 1 is 1.24 bits per heavy atom. The van der Waals surface area contributed by atoms with Crippen LogP contribution < -0.4 is 4.74 Å². The smallest absolute Gasteiger partial charge is 0.127 e. The van der Waals surface area contributed by atoms with Crippen molar-refractivity contribution < 1.29 is 4.74 Å². The average Bonchev–Trinajstić information content (AvgIpc) is 2.32. The monoisotopic (exact) mass is 228 g/mol. The van der Waals surface area contributed by atoms with Crippen LogP contribution in [0, 0.1) is 11.8 Å². The highest BCUT2D eigenvalue weighted by atomic mass is 16.5. The third kappa shape index (κ3) is 3.77. The fraction of sp³-hybridized carbons (Fsp3) is 0.375. The van der Waals surface area contributed by atoms with E-state index in [-0.39, 0.29) is 0 Å². The van der Waals surface area contributed by atoms with Crippen LogP contribution in [0.2, 0.25) is 0 Å². The molecule has 0 saturated heterocycles. The molecular formula is C16H20O. The van der Waals surface area contributed by atoms with Crippen molar-refractivity contribution in [1.82, 2.24) is 0 Å². The predicted molar refractivity (Wildman–Crippen MR) is 71.9 cm³/mol. The molecule has 0 aliphatic heterocycles. The summed E-state index contributed by atoms with van der Waals surface area (Å²) < 4.78 is 5.78. The third-order valence-corrected chi connectivity index (χ3v) is 2.91. The Labute approximate surface area is 104 Å². The maximum atomic E-state index is 5.78. The van der Waals surface area contributed by atoms with E-state index < -0.39 is 0 Å². The maximum Gasteiger partial charge on any atom is 0.127 e. The molecule has 2 rings (SSSR count). The molecule has 1 heteroatoms. The Balaban J connectivity index is 1.90. The van der Waals surface area contributed by atoms with Gasteiger partial charge in [-0.05, 0) is 49.0 Å². The highest BCUT2D eigenvalue weighted by molar-refractivity contribution is 5.28. The van der Waals surface area contributed by atoms with Crippen molar-refractivity contribution in [2.45, 2.75) is 26.7 Å². The van der Waals surface area contributed by atoms with Gasteiger partial charge in [-0.15, -0.1) is 0 Å². The van der Waals surface area contributed by atoms with Crippen LogP contribution >= 0.6 is 0 Å². The summed E-state index contributed by atoms with van der Waals surface area (Å²) in [6.07, 6.45) is 8.92. The van der Waals surface area contributed by atoms with Gasteiger partial charge in [0.2, 0.25) is 0 Å². The highest BCUT2D eigenvalue weighted by Crippen LogP contribution is 2.24. The second-order valence-electron chi connectivity index (χ2n) is 5.01. The number of ether oxygens (including phenoxy) is 1. The molecule has 0 radical (unpaired) electrons. The molecule has 90 valence electrons. The van der Waals surface area contributed by atoms with Gasteiger partial charge in [-0.3, -0.25) is 0 Å². The van der Waals surface area contributed by atoms with Crippen LogP contribution in [0.3, 0.4) is 0 Å². The molecule has 0 aromatic heterocycles. The topological polar surface area (TPSA) is 9.23 Å². The predicted octanol–water partition coefficient (Wildman–Crippen LogP) is 4.57. The van der Waals surface area contributed by atoms with E-state index in [1.54, 1.807) is 0 Å². The van der Waals surface area contributed by atoms with E-state index in [9.17, 15) is 0 Å². The van der Waals surface area contributed by atoms with Crippen molar-refractivity contribution in [3.63, 3.8) is 0 Å². The summed E-state index contributed by atoms with van der Waals surface area (Å²) in [4.78, 5) is 0. The van der Waals surface area contributed by atoms with Crippen LogP contribution in [0.5, 0.6) is 5.75 Å². The largest absolute Gasteiger partial charge is 0.458 e. The molecule has 0 saturated carbocycles. The van der Waals surface area contributed by atoms with Crippen molar-refractivity contribution >= 4 is 0 Å². The molecule has 1 atom stereocenters. The fourth-order valence-electron chi connectivity index (χ4n) is 2.13. The molecule has 0 heterocycles. The molecule has 0 amide bonds. The number of para-hydroxylation sites is 1. The van der Waals surface area contributed by atoms with Crippen LogP contribution in [-0.2, 0) is 0 Å². The number of hydrogen-bond donors (Lipinski definition) is 0. The van der Waals surface area contributed by atoms with Crippen LogP contribution in [0.25, 0.3) is 0 Å². The minimum atomic E-state index is 0.679. The molecule has 0 spiro atoms. The quantitative estimate of drug-likeness (QED) is 0.733. The lowest BCUT2D eigenvalue weighted by molar-refractivity contribution is 0.420. The molecule has 17 heavy (non-hydrogen) atoms. The minimum Gasteiger partial charge on any atom is -0.458 e. The molecule has 0 N–H and O–H groups in total. The Bertz CT molecular complexity index is 401. The van der Waals surface area contributed by atoms with Crippen molar-refractivity contribution in [2.24, 2.45) is 11.8 Å². The second kappa shape index (κ2) is 5.72. The lowest BCUT2D eigenvalue weighted by Crippen LogP contribution is -2.06. The standard InChI is InChI=1S/C16H20O/c1-13(2)12-14-8-10-16(11-9-14)17-15-6-4-3-5-7-15/h3-8,10-11,13-14H,9,12H2,1-2H3. The number of allylic oxidation sites excluding steroid dienone is 3. The van der Waals surface area contributed by atoms with Gasteiger partial charge in [-0.1, -0.05) is 38.1 Å². The molecule has 1 unspecified atom stereocenters. The summed E-state index contributed by atoms with van der Waals surface area (Å²) in [7, 11) is 0. The van der Waals surface area contributed by atoms with Crippen molar-refractivity contribution in [1.29, 1.82) is 0 Å². The zero-order valence-electron chi connectivity index (χ0n) is 10.6. The number of hydrogen-bond acceptors (Lipinski definition) is 1. The Kier molecular flexibility index (Phi) is 4.03. The Morgan fingerprint density at radius 2 is 2.00 bits per heavy atom. The van der Waals surface area contributed by atoms with E-state index in [1.165, 1.54) is 6.42 Å². The first-order valence-corrected chi connectivity index (χ1v) is 6.35. The van der Waals surface area contributed by atoms with Crippen LogP contribution in [0.15, 0.2) is 54.3 Å². The lowest BCUT2D eigenvalue weighted by atomic mass is 9.91. The first-order valence-electron chi connectivity index (χ1n) is 6.35. The van der Waals surface area contributed by atoms with Crippen molar-refractivity contribution in [3.05, 3.63) is 54.3 Å². The zero-order valence-corrected chi connectivity index (χ0v) is 10.6. The highest BCUT2D eigenvalue weighted by Gasteiger charge is 2.11. The van der Waals surface area contributed by atoms with Gasteiger partial charge < -0.3 is 4.74 Å². The van der Waals surface area contributed by atoms with Gasteiger partial charge in [0.25, 0.3) is 0 Å². The number of benzene rings is 1. The third-order valence-electron chi connectivity index (χ3n) is 2.91. The fourth-order valence-corrected chi connectivity index (χ4v) is 2.13. The summed E-state index contributed by atoms with van der Waals surface area (Å²) in [6, 6.07) is 9.94. The van der Waals surface area contributed by atoms with Gasteiger partial charge in [0.1, 0.15) is 11.5 Å². The molecule has 1 aromatic rings. The van der Waals surface area contributed by atoms with E-state index >= 15 is 0 Å². The Morgan fingerprint density at radius 3 is 2.59 bits per heavy atom. The van der Waals surface area contributed by atoms with Gasteiger partial charge in [0.15, 0.2) is 0 Å². The van der Waals surface area contributed by atoms with E-state index in [0.717, 1.165) is 23.8 Å². The van der Waals surface area contributed by atoms with Gasteiger partial charge >= 0.3 is 0 Å². The zero-order chi connectivity index (χ0) is 12.1. The average molecular weight is 228 g/mol.